The molecule has 3 aliphatic rings. The van der Waals surface area contributed by atoms with Crippen molar-refractivity contribution in [2.45, 2.75) is 71.1 Å². The molecule has 27 heavy (non-hydrogen) atoms. The third-order valence-electron chi connectivity index (χ3n) is 7.85. The molecule has 3 heteroatoms. The molecular weight excluding hydrogens is 352 g/mol. The van der Waals surface area contributed by atoms with Crippen LogP contribution in [0.15, 0.2) is 24.3 Å². The number of para-hydroxylation sites is 1. The molecule has 0 amide bonds. The zero-order chi connectivity index (χ0) is 18.0. The molecule has 2 saturated carbocycles. The average Bonchev–Trinajstić information content (AvgIpc) is 3.53. The Balaban J connectivity index is 0.00000210. The molecule has 0 N–H and O–H groups in total. The topological polar surface area (TPSA) is 6.48 Å². The highest BCUT2D eigenvalue weighted by atomic mass is 35.5. The summed E-state index contributed by atoms with van der Waals surface area (Å²) in [6.07, 6.45) is 11.3. The van der Waals surface area contributed by atoms with Crippen molar-refractivity contribution < 1.29 is 0 Å². The van der Waals surface area contributed by atoms with Gasteiger partial charge in [-0.05, 0) is 67.4 Å². The van der Waals surface area contributed by atoms with Crippen molar-refractivity contribution in [1.82, 2.24) is 4.90 Å². The van der Waals surface area contributed by atoms with Crippen LogP contribution in [0.5, 0.6) is 0 Å². The number of hydrogen-bond acceptors (Lipinski definition) is 2. The Bertz CT molecular complexity index is 576. The molecule has 1 aromatic carbocycles. The van der Waals surface area contributed by atoms with E-state index in [0.29, 0.717) is 5.41 Å². The standard InChI is InChI=1S/C24H38N2.ClH/c1-3-24(4-2)13-11-21(12-14-24)22-7-5-6-8-23(22)26-17-15-25(16-18-26)19-20-9-10-20;/h5-8,20-21H,3-4,9-19H2,1-2H3;1H. The maximum Gasteiger partial charge on any atom is 0.0402 e. The van der Waals surface area contributed by atoms with E-state index in [0.717, 1.165) is 11.8 Å². The lowest BCUT2D eigenvalue weighted by Crippen LogP contribution is -2.47. The van der Waals surface area contributed by atoms with Gasteiger partial charge in [-0.3, -0.25) is 4.90 Å². The molecule has 0 spiro atoms. The van der Waals surface area contributed by atoms with E-state index in [4.69, 9.17) is 0 Å². The Hall–Kier alpha value is -0.730. The van der Waals surface area contributed by atoms with Gasteiger partial charge in [-0.1, -0.05) is 44.9 Å². The zero-order valence-corrected chi connectivity index (χ0v) is 18.3. The van der Waals surface area contributed by atoms with E-state index >= 15 is 0 Å². The van der Waals surface area contributed by atoms with E-state index < -0.39 is 0 Å². The van der Waals surface area contributed by atoms with E-state index in [9.17, 15) is 0 Å². The van der Waals surface area contributed by atoms with E-state index in [1.54, 1.807) is 11.3 Å². The molecule has 1 heterocycles. The highest BCUT2D eigenvalue weighted by Crippen LogP contribution is 2.48. The number of hydrogen-bond donors (Lipinski definition) is 0. The Morgan fingerprint density at radius 2 is 1.52 bits per heavy atom. The van der Waals surface area contributed by atoms with Crippen molar-refractivity contribution in [2.24, 2.45) is 11.3 Å². The van der Waals surface area contributed by atoms with Crippen LogP contribution >= 0.6 is 12.4 Å². The highest BCUT2D eigenvalue weighted by Gasteiger charge is 2.34. The van der Waals surface area contributed by atoms with Gasteiger partial charge in [0.1, 0.15) is 0 Å². The second kappa shape index (κ2) is 9.18. The predicted octanol–water partition coefficient (Wildman–Crippen LogP) is 6.10. The fourth-order valence-electron chi connectivity index (χ4n) is 5.46. The van der Waals surface area contributed by atoms with Crippen LogP contribution < -0.4 is 4.90 Å². The summed E-state index contributed by atoms with van der Waals surface area (Å²) in [5, 5.41) is 0. The van der Waals surface area contributed by atoms with Crippen LogP contribution in [0.25, 0.3) is 0 Å². The molecule has 1 aromatic rings. The quantitative estimate of drug-likeness (QED) is 0.578. The third kappa shape index (κ3) is 4.82. The maximum absolute atomic E-state index is 2.70. The van der Waals surface area contributed by atoms with Gasteiger partial charge >= 0.3 is 0 Å². The molecule has 4 rings (SSSR count). The number of anilines is 1. The van der Waals surface area contributed by atoms with Gasteiger partial charge in [0.25, 0.3) is 0 Å². The molecular formula is C24H39ClN2. The molecule has 2 nitrogen and oxygen atoms in total. The number of piperazine rings is 1. The van der Waals surface area contributed by atoms with Crippen molar-refractivity contribution in [3.63, 3.8) is 0 Å². The van der Waals surface area contributed by atoms with E-state index in [1.807, 2.05) is 0 Å². The van der Waals surface area contributed by atoms with Crippen LogP contribution in [-0.4, -0.2) is 37.6 Å². The molecule has 0 radical (unpaired) electrons. The summed E-state index contributed by atoms with van der Waals surface area (Å²) >= 11 is 0. The van der Waals surface area contributed by atoms with Crippen LogP contribution in [0.4, 0.5) is 5.69 Å². The highest BCUT2D eigenvalue weighted by molar-refractivity contribution is 5.85. The van der Waals surface area contributed by atoms with Gasteiger partial charge in [0.05, 0.1) is 0 Å². The fourth-order valence-corrected chi connectivity index (χ4v) is 5.46. The molecule has 0 aromatic heterocycles. The Kier molecular flexibility index (Phi) is 7.14. The number of halogens is 1. The summed E-state index contributed by atoms with van der Waals surface area (Å²) in [7, 11) is 0. The van der Waals surface area contributed by atoms with Gasteiger partial charge in [0.15, 0.2) is 0 Å². The molecule has 0 unspecified atom stereocenters. The Morgan fingerprint density at radius 3 is 2.11 bits per heavy atom. The lowest BCUT2D eigenvalue weighted by atomic mass is 9.66. The summed E-state index contributed by atoms with van der Waals surface area (Å²) < 4.78 is 0. The second-order valence-corrected chi connectivity index (χ2v) is 9.27. The van der Waals surface area contributed by atoms with Crippen LogP contribution in [-0.2, 0) is 0 Å². The molecule has 3 fully saturated rings. The largest absolute Gasteiger partial charge is 0.369 e. The van der Waals surface area contributed by atoms with Crippen LogP contribution in [0.3, 0.4) is 0 Å². The van der Waals surface area contributed by atoms with Crippen molar-refractivity contribution >= 4 is 18.1 Å². The van der Waals surface area contributed by atoms with Crippen LogP contribution in [0.1, 0.15) is 76.7 Å². The van der Waals surface area contributed by atoms with Crippen molar-refractivity contribution in [1.29, 1.82) is 0 Å². The number of benzene rings is 1. The molecule has 1 saturated heterocycles. The smallest absolute Gasteiger partial charge is 0.0402 e. The summed E-state index contributed by atoms with van der Waals surface area (Å²) in [4.78, 5) is 5.38. The molecule has 0 atom stereocenters. The lowest BCUT2D eigenvalue weighted by molar-refractivity contribution is 0.159. The van der Waals surface area contributed by atoms with Gasteiger partial charge in [-0.15, -0.1) is 12.4 Å². The first-order valence-electron chi connectivity index (χ1n) is 11.3. The maximum atomic E-state index is 2.70. The Morgan fingerprint density at radius 1 is 0.889 bits per heavy atom. The number of nitrogens with zero attached hydrogens (tertiary/aromatic N) is 2. The first-order chi connectivity index (χ1) is 12.7. The monoisotopic (exact) mass is 390 g/mol. The van der Waals surface area contributed by atoms with Gasteiger partial charge < -0.3 is 4.90 Å². The number of rotatable bonds is 6. The first kappa shape index (κ1) is 21.0. The minimum absolute atomic E-state index is 0. The zero-order valence-electron chi connectivity index (χ0n) is 17.5. The van der Waals surface area contributed by atoms with E-state index in [-0.39, 0.29) is 12.4 Å². The molecule has 2 aliphatic carbocycles. The van der Waals surface area contributed by atoms with E-state index in [1.165, 1.54) is 84.1 Å². The van der Waals surface area contributed by atoms with Crippen molar-refractivity contribution in [3.05, 3.63) is 29.8 Å². The Labute approximate surface area is 173 Å². The summed E-state index contributed by atoms with van der Waals surface area (Å²) in [5.41, 5.74) is 3.83. The normalized spacial score (nSPS) is 23.9. The minimum Gasteiger partial charge on any atom is -0.369 e. The minimum atomic E-state index is 0. The summed E-state index contributed by atoms with van der Waals surface area (Å²) in [6.45, 7) is 11.1. The summed E-state index contributed by atoms with van der Waals surface area (Å²) in [6, 6.07) is 9.35. The van der Waals surface area contributed by atoms with Crippen molar-refractivity contribution in [2.75, 3.05) is 37.6 Å². The van der Waals surface area contributed by atoms with Crippen LogP contribution in [0, 0.1) is 11.3 Å². The second-order valence-electron chi connectivity index (χ2n) is 9.27. The third-order valence-corrected chi connectivity index (χ3v) is 7.85. The molecule has 152 valence electrons. The predicted molar refractivity (Wildman–Crippen MR) is 119 cm³/mol. The lowest BCUT2D eigenvalue weighted by Gasteiger charge is -2.41. The first-order valence-corrected chi connectivity index (χ1v) is 11.3. The van der Waals surface area contributed by atoms with Gasteiger partial charge in [-0.2, -0.15) is 0 Å². The molecule has 0 bridgehead atoms. The summed E-state index contributed by atoms with van der Waals surface area (Å²) in [5.74, 6) is 1.80. The van der Waals surface area contributed by atoms with E-state index in [2.05, 4.69) is 47.9 Å². The average molecular weight is 391 g/mol. The van der Waals surface area contributed by atoms with Gasteiger partial charge in [0, 0.05) is 38.4 Å². The van der Waals surface area contributed by atoms with Crippen molar-refractivity contribution in [3.8, 4) is 0 Å². The fraction of sp³-hybridized carbons (Fsp3) is 0.750. The molecule has 1 aliphatic heterocycles. The SMILES string of the molecule is CCC1(CC)CCC(c2ccccc2N2CCN(CC3CC3)CC2)CC1.Cl. The van der Waals surface area contributed by atoms with Crippen LogP contribution in [0.2, 0.25) is 0 Å². The van der Waals surface area contributed by atoms with Gasteiger partial charge in [0.2, 0.25) is 0 Å². The van der Waals surface area contributed by atoms with Gasteiger partial charge in [-0.25, -0.2) is 0 Å².